The smallest absolute Gasteiger partial charge is 0.262 e. The zero-order chi connectivity index (χ0) is 17.6. The number of nitrogens with one attached hydrogen (secondary N) is 1. The van der Waals surface area contributed by atoms with Gasteiger partial charge in [0.1, 0.15) is 11.6 Å². The molecule has 1 amide bonds. The summed E-state index contributed by atoms with van der Waals surface area (Å²) in [5, 5.41) is 12.7. The zero-order valence-corrected chi connectivity index (χ0v) is 15.1. The summed E-state index contributed by atoms with van der Waals surface area (Å²) in [6, 6.07) is 13.4. The molecule has 1 unspecified atom stereocenters. The standard InChI is InChI=1S/C19H17ClN2O2S/c20-17-6-2-1-5-16(17)18-8-7-15(25-18)10-13(11-21)19(23)22-12-14-4-3-9-24-14/h1-2,5-8,10,14H,3-4,9,12H2,(H,22,23)/b13-10+. The van der Waals surface area contributed by atoms with Crippen molar-refractivity contribution < 1.29 is 9.53 Å². The Morgan fingerprint density at radius 3 is 2.96 bits per heavy atom. The fourth-order valence-electron chi connectivity index (χ4n) is 2.63. The lowest BCUT2D eigenvalue weighted by Crippen LogP contribution is -2.32. The molecular weight excluding hydrogens is 356 g/mol. The van der Waals surface area contributed by atoms with E-state index in [1.165, 1.54) is 11.3 Å². The van der Waals surface area contributed by atoms with Crippen LogP contribution in [0.5, 0.6) is 0 Å². The first kappa shape index (κ1) is 17.7. The summed E-state index contributed by atoms with van der Waals surface area (Å²) in [6.07, 6.45) is 3.62. The summed E-state index contributed by atoms with van der Waals surface area (Å²) in [7, 11) is 0. The van der Waals surface area contributed by atoms with Crippen molar-refractivity contribution in [3.05, 3.63) is 51.9 Å². The first-order valence-electron chi connectivity index (χ1n) is 8.03. The third-order valence-corrected chi connectivity index (χ3v) is 5.33. The second-order valence-corrected chi connectivity index (χ2v) is 7.22. The van der Waals surface area contributed by atoms with E-state index in [-0.39, 0.29) is 17.6 Å². The van der Waals surface area contributed by atoms with E-state index < -0.39 is 0 Å². The van der Waals surface area contributed by atoms with Gasteiger partial charge in [0.05, 0.1) is 6.10 Å². The summed E-state index contributed by atoms with van der Waals surface area (Å²) >= 11 is 7.71. The molecule has 0 bridgehead atoms. The van der Waals surface area contributed by atoms with Crippen LogP contribution in [0, 0.1) is 11.3 Å². The molecule has 1 aliphatic heterocycles. The Bertz CT molecular complexity index is 832. The maximum absolute atomic E-state index is 12.2. The minimum Gasteiger partial charge on any atom is -0.376 e. The van der Waals surface area contributed by atoms with Crippen LogP contribution in [0.3, 0.4) is 0 Å². The number of halogens is 1. The van der Waals surface area contributed by atoms with E-state index in [2.05, 4.69) is 5.32 Å². The van der Waals surface area contributed by atoms with Crippen LogP contribution in [0.15, 0.2) is 42.0 Å². The van der Waals surface area contributed by atoms with Gasteiger partial charge in [-0.1, -0.05) is 29.8 Å². The first-order valence-corrected chi connectivity index (χ1v) is 9.23. The molecule has 1 aliphatic rings. The minimum atomic E-state index is -0.370. The third-order valence-electron chi connectivity index (χ3n) is 3.93. The van der Waals surface area contributed by atoms with Gasteiger partial charge in [0, 0.05) is 33.5 Å². The number of carbonyl (C=O) groups excluding carboxylic acids is 1. The van der Waals surface area contributed by atoms with E-state index in [9.17, 15) is 10.1 Å². The summed E-state index contributed by atoms with van der Waals surface area (Å²) in [6.45, 7) is 1.18. The van der Waals surface area contributed by atoms with Crippen molar-refractivity contribution in [3.63, 3.8) is 0 Å². The van der Waals surface area contributed by atoms with E-state index >= 15 is 0 Å². The number of carbonyl (C=O) groups is 1. The molecule has 2 heterocycles. The van der Waals surface area contributed by atoms with Crippen LogP contribution in [0.2, 0.25) is 5.02 Å². The molecule has 1 saturated heterocycles. The van der Waals surface area contributed by atoms with Gasteiger partial charge in [0.15, 0.2) is 0 Å². The van der Waals surface area contributed by atoms with Crippen LogP contribution in [0.25, 0.3) is 16.5 Å². The number of hydrogen-bond donors (Lipinski definition) is 1. The number of rotatable bonds is 5. The maximum atomic E-state index is 12.2. The van der Waals surface area contributed by atoms with Crippen LogP contribution in [-0.2, 0) is 9.53 Å². The molecular formula is C19H17ClN2O2S. The van der Waals surface area contributed by atoms with E-state index in [0.717, 1.165) is 34.8 Å². The number of nitriles is 1. The lowest BCUT2D eigenvalue weighted by molar-refractivity contribution is -0.117. The zero-order valence-electron chi connectivity index (χ0n) is 13.5. The van der Waals surface area contributed by atoms with Gasteiger partial charge in [-0.3, -0.25) is 4.79 Å². The normalized spacial score (nSPS) is 17.3. The number of hydrogen-bond acceptors (Lipinski definition) is 4. The lowest BCUT2D eigenvalue weighted by atomic mass is 10.2. The highest BCUT2D eigenvalue weighted by molar-refractivity contribution is 7.16. The summed E-state index contributed by atoms with van der Waals surface area (Å²) in [4.78, 5) is 14.0. The number of ether oxygens (including phenoxy) is 1. The van der Waals surface area contributed by atoms with Crippen molar-refractivity contribution in [1.82, 2.24) is 5.32 Å². The Labute approximate surface area is 155 Å². The molecule has 1 aromatic carbocycles. The highest BCUT2D eigenvalue weighted by atomic mass is 35.5. The van der Waals surface area contributed by atoms with Crippen molar-refractivity contribution in [2.24, 2.45) is 0 Å². The minimum absolute atomic E-state index is 0.0532. The molecule has 25 heavy (non-hydrogen) atoms. The fraction of sp³-hybridized carbons (Fsp3) is 0.263. The summed E-state index contributed by atoms with van der Waals surface area (Å²) in [5.74, 6) is -0.370. The van der Waals surface area contributed by atoms with Gasteiger partial charge in [0.25, 0.3) is 5.91 Å². The quantitative estimate of drug-likeness (QED) is 0.629. The number of thiophene rings is 1. The highest BCUT2D eigenvalue weighted by Crippen LogP contribution is 2.33. The van der Waals surface area contributed by atoms with Gasteiger partial charge in [-0.2, -0.15) is 5.26 Å². The van der Waals surface area contributed by atoms with Gasteiger partial charge >= 0.3 is 0 Å². The second kappa shape index (κ2) is 8.30. The van der Waals surface area contributed by atoms with Gasteiger partial charge in [-0.05, 0) is 37.1 Å². The van der Waals surface area contributed by atoms with E-state index in [1.807, 2.05) is 42.5 Å². The Kier molecular flexibility index (Phi) is 5.87. The monoisotopic (exact) mass is 372 g/mol. The largest absolute Gasteiger partial charge is 0.376 e. The van der Waals surface area contributed by atoms with Crippen molar-refractivity contribution in [1.29, 1.82) is 5.26 Å². The Hall–Kier alpha value is -2.13. The summed E-state index contributed by atoms with van der Waals surface area (Å²) in [5.41, 5.74) is 1.03. The van der Waals surface area contributed by atoms with Crippen molar-refractivity contribution in [3.8, 4) is 16.5 Å². The number of amides is 1. The average molecular weight is 373 g/mol. The molecule has 0 spiro atoms. The highest BCUT2D eigenvalue weighted by Gasteiger charge is 2.17. The molecule has 1 N–H and O–H groups in total. The maximum Gasteiger partial charge on any atom is 0.262 e. The van der Waals surface area contributed by atoms with Crippen LogP contribution < -0.4 is 5.32 Å². The van der Waals surface area contributed by atoms with Crippen molar-refractivity contribution in [2.45, 2.75) is 18.9 Å². The molecule has 2 aromatic rings. The first-order chi connectivity index (χ1) is 12.2. The Morgan fingerprint density at radius 2 is 2.24 bits per heavy atom. The van der Waals surface area contributed by atoms with Gasteiger partial charge < -0.3 is 10.1 Å². The number of benzene rings is 1. The molecule has 3 rings (SSSR count). The molecule has 0 aliphatic carbocycles. The number of nitrogens with zero attached hydrogens (tertiary/aromatic N) is 1. The van der Waals surface area contributed by atoms with E-state index in [1.54, 1.807) is 6.08 Å². The molecule has 0 radical (unpaired) electrons. The van der Waals surface area contributed by atoms with E-state index in [4.69, 9.17) is 16.3 Å². The van der Waals surface area contributed by atoms with Gasteiger partial charge in [0.2, 0.25) is 0 Å². The molecule has 0 saturated carbocycles. The van der Waals surface area contributed by atoms with Crippen LogP contribution in [0.4, 0.5) is 0 Å². The van der Waals surface area contributed by atoms with Crippen molar-refractivity contribution in [2.75, 3.05) is 13.2 Å². The molecule has 4 nitrogen and oxygen atoms in total. The van der Waals surface area contributed by atoms with Crippen molar-refractivity contribution >= 4 is 34.9 Å². The van der Waals surface area contributed by atoms with Crippen LogP contribution >= 0.6 is 22.9 Å². The third kappa shape index (κ3) is 4.49. The molecule has 128 valence electrons. The molecule has 1 atom stereocenters. The fourth-order valence-corrected chi connectivity index (χ4v) is 3.92. The van der Waals surface area contributed by atoms with Crippen LogP contribution in [0.1, 0.15) is 17.7 Å². The second-order valence-electron chi connectivity index (χ2n) is 5.70. The Morgan fingerprint density at radius 1 is 1.40 bits per heavy atom. The van der Waals surface area contributed by atoms with Gasteiger partial charge in [-0.15, -0.1) is 11.3 Å². The predicted molar refractivity (Wildman–Crippen MR) is 100 cm³/mol. The summed E-state index contributed by atoms with van der Waals surface area (Å²) < 4.78 is 5.47. The van der Waals surface area contributed by atoms with E-state index in [0.29, 0.717) is 11.6 Å². The molecule has 6 heteroatoms. The average Bonchev–Trinajstić information content (AvgIpc) is 3.30. The molecule has 1 fully saturated rings. The molecule has 1 aromatic heterocycles. The SMILES string of the molecule is N#C/C(=C\c1ccc(-c2ccccc2Cl)s1)C(=O)NCC1CCCO1. The van der Waals surface area contributed by atoms with Crippen LogP contribution in [-0.4, -0.2) is 25.2 Å². The topological polar surface area (TPSA) is 62.1 Å². The Balaban J connectivity index is 1.71. The lowest BCUT2D eigenvalue weighted by Gasteiger charge is -2.09. The predicted octanol–water partition coefficient (Wildman–Crippen LogP) is 4.27. The van der Waals surface area contributed by atoms with Gasteiger partial charge in [-0.25, -0.2) is 0 Å².